The first-order chi connectivity index (χ1) is 13.8. The second-order valence-electron chi connectivity index (χ2n) is 10.9. The van der Waals surface area contributed by atoms with Gasteiger partial charge in [0.25, 0.3) is 0 Å². The van der Waals surface area contributed by atoms with Crippen molar-refractivity contribution in [1.82, 2.24) is 10.2 Å². The van der Waals surface area contributed by atoms with E-state index < -0.39 is 23.1 Å². The predicted octanol–water partition coefficient (Wildman–Crippen LogP) is 2.76. The van der Waals surface area contributed by atoms with E-state index in [1.807, 2.05) is 27.7 Å². The summed E-state index contributed by atoms with van der Waals surface area (Å²) in [6.07, 6.45) is 4.35. The van der Waals surface area contributed by atoms with Gasteiger partial charge in [-0.25, -0.2) is 0 Å². The first kappa shape index (κ1) is 23.1. The van der Waals surface area contributed by atoms with Gasteiger partial charge in [0.1, 0.15) is 5.78 Å². The molecule has 30 heavy (non-hydrogen) atoms. The number of amides is 1. The first-order valence-corrected chi connectivity index (χ1v) is 11.0. The van der Waals surface area contributed by atoms with Crippen molar-refractivity contribution in [3.63, 3.8) is 0 Å². The summed E-state index contributed by atoms with van der Waals surface area (Å²) in [7, 11) is 3.45. The van der Waals surface area contributed by atoms with E-state index in [9.17, 15) is 14.4 Å². The van der Waals surface area contributed by atoms with Gasteiger partial charge in [0, 0.05) is 24.4 Å². The Bertz CT molecular complexity index is 766. The highest BCUT2D eigenvalue weighted by Gasteiger charge is 2.72. The number of likely N-dealkylation sites (tertiary alicyclic amines) is 1. The summed E-state index contributed by atoms with van der Waals surface area (Å²) >= 11 is 0. The van der Waals surface area contributed by atoms with Gasteiger partial charge in [0.05, 0.1) is 24.2 Å². The maximum absolute atomic E-state index is 13.7. The number of rotatable bonds is 8. The van der Waals surface area contributed by atoms with Crippen LogP contribution >= 0.6 is 0 Å². The van der Waals surface area contributed by atoms with Crippen molar-refractivity contribution >= 4 is 17.5 Å². The van der Waals surface area contributed by atoms with Crippen molar-refractivity contribution in [2.75, 3.05) is 20.7 Å². The molecule has 0 radical (unpaired) electrons. The summed E-state index contributed by atoms with van der Waals surface area (Å²) in [6, 6.07) is -0.957. The van der Waals surface area contributed by atoms with Gasteiger partial charge in [-0.2, -0.15) is 0 Å². The number of likely N-dealkylation sites (N-methyl/N-ethyl adjacent to an activating group) is 1. The molecule has 3 aliphatic rings. The molecule has 168 valence electrons. The fourth-order valence-corrected chi connectivity index (χ4v) is 5.93. The van der Waals surface area contributed by atoms with Crippen LogP contribution in [0.3, 0.4) is 0 Å². The van der Waals surface area contributed by atoms with Gasteiger partial charge in [-0.1, -0.05) is 26.8 Å². The Balaban J connectivity index is 1.96. The lowest BCUT2D eigenvalue weighted by molar-refractivity contribution is -0.143. The molecule has 1 amide bonds. The highest BCUT2D eigenvalue weighted by molar-refractivity contribution is 5.98. The zero-order valence-corrected chi connectivity index (χ0v) is 19.6. The van der Waals surface area contributed by atoms with Crippen LogP contribution < -0.4 is 5.32 Å². The Hall–Kier alpha value is -1.53. The number of ether oxygens (including phenoxy) is 1. The average Bonchev–Trinajstić information content (AvgIpc) is 3.54. The minimum Gasteiger partial charge on any atom is -0.376 e. The SMILES string of the molecule is C=C[C@@H]1C[C@]1(CC(=O)[C@H]1N(C(=O)[C@@H](NC)C(C)(C)C)C[C@](C)(OC)C12CC2)C(C)=O. The van der Waals surface area contributed by atoms with E-state index in [2.05, 4.69) is 11.9 Å². The Morgan fingerprint density at radius 1 is 1.30 bits per heavy atom. The summed E-state index contributed by atoms with van der Waals surface area (Å²) < 4.78 is 5.92. The van der Waals surface area contributed by atoms with E-state index in [-0.39, 0.29) is 40.6 Å². The normalized spacial score (nSPS) is 35.2. The highest BCUT2D eigenvalue weighted by atomic mass is 16.5. The summed E-state index contributed by atoms with van der Waals surface area (Å²) in [4.78, 5) is 41.6. The van der Waals surface area contributed by atoms with E-state index in [1.54, 1.807) is 32.1 Å². The molecule has 1 N–H and O–H groups in total. The van der Waals surface area contributed by atoms with Crippen molar-refractivity contribution in [3.8, 4) is 0 Å². The topological polar surface area (TPSA) is 75.7 Å². The van der Waals surface area contributed by atoms with Crippen LogP contribution in [0.1, 0.15) is 60.3 Å². The van der Waals surface area contributed by atoms with Crippen molar-refractivity contribution in [2.45, 2.75) is 78.0 Å². The van der Waals surface area contributed by atoms with Crippen LogP contribution in [0.2, 0.25) is 0 Å². The third kappa shape index (κ3) is 3.27. The molecule has 3 fully saturated rings. The monoisotopic (exact) mass is 418 g/mol. The van der Waals surface area contributed by atoms with Crippen molar-refractivity contribution in [3.05, 3.63) is 12.7 Å². The van der Waals surface area contributed by atoms with Crippen molar-refractivity contribution in [1.29, 1.82) is 0 Å². The molecule has 3 rings (SSSR count). The molecular weight excluding hydrogens is 380 g/mol. The Morgan fingerprint density at radius 2 is 1.90 bits per heavy atom. The Morgan fingerprint density at radius 3 is 2.27 bits per heavy atom. The van der Waals surface area contributed by atoms with Crippen LogP contribution in [0.15, 0.2) is 12.7 Å². The predicted molar refractivity (Wildman–Crippen MR) is 116 cm³/mol. The first-order valence-electron chi connectivity index (χ1n) is 11.0. The minimum absolute atomic E-state index is 0.00932. The lowest BCUT2D eigenvalue weighted by Gasteiger charge is -2.36. The summed E-state index contributed by atoms with van der Waals surface area (Å²) in [5.41, 5.74) is -1.86. The van der Waals surface area contributed by atoms with Crippen molar-refractivity contribution < 1.29 is 19.1 Å². The molecule has 1 heterocycles. The zero-order valence-electron chi connectivity index (χ0n) is 19.6. The largest absolute Gasteiger partial charge is 0.376 e. The fourth-order valence-electron chi connectivity index (χ4n) is 5.93. The maximum atomic E-state index is 13.7. The summed E-state index contributed by atoms with van der Waals surface area (Å²) in [6.45, 7) is 13.9. The van der Waals surface area contributed by atoms with E-state index in [4.69, 9.17) is 4.74 Å². The average molecular weight is 419 g/mol. The minimum atomic E-state index is -0.637. The number of hydrogen-bond donors (Lipinski definition) is 1. The molecule has 0 bridgehead atoms. The second-order valence-corrected chi connectivity index (χ2v) is 10.9. The molecule has 1 spiro atoms. The van der Waals surface area contributed by atoms with Crippen LogP contribution in [-0.2, 0) is 19.1 Å². The van der Waals surface area contributed by atoms with Crippen molar-refractivity contribution in [2.24, 2.45) is 22.2 Å². The molecule has 2 saturated carbocycles. The van der Waals surface area contributed by atoms with Gasteiger partial charge in [-0.05, 0) is 51.5 Å². The van der Waals surface area contributed by atoms with E-state index in [0.29, 0.717) is 13.0 Å². The molecule has 5 atom stereocenters. The number of nitrogens with zero attached hydrogens (tertiary/aromatic N) is 1. The number of carbonyl (C=O) groups excluding carboxylic acids is 3. The third-order valence-electron chi connectivity index (χ3n) is 8.20. The van der Waals surface area contributed by atoms with Gasteiger partial charge in [0.2, 0.25) is 5.91 Å². The lowest BCUT2D eigenvalue weighted by atomic mass is 9.79. The fraction of sp³-hybridized carbons (Fsp3) is 0.792. The maximum Gasteiger partial charge on any atom is 0.240 e. The van der Waals surface area contributed by atoms with E-state index in [0.717, 1.165) is 12.8 Å². The lowest BCUT2D eigenvalue weighted by Crippen LogP contribution is -2.55. The molecule has 1 saturated heterocycles. The highest BCUT2D eigenvalue weighted by Crippen LogP contribution is 2.65. The number of ketones is 2. The van der Waals surface area contributed by atoms with Crippen LogP contribution in [0.5, 0.6) is 0 Å². The van der Waals surface area contributed by atoms with Crippen LogP contribution in [0, 0.1) is 22.2 Å². The molecule has 0 aromatic carbocycles. The Kier molecular flexibility index (Phi) is 5.60. The van der Waals surface area contributed by atoms with E-state index >= 15 is 0 Å². The third-order valence-corrected chi connectivity index (χ3v) is 8.20. The standard InChI is InChI=1S/C24H38N2O4/c1-9-16-12-23(16,15(2)27)13-17(28)19-24(10-11-24)22(6,30-8)14-26(19)20(29)18(25-7)21(3,4)5/h9,16,18-19,25H,1,10-14H2,2-8H3/t16-,18-,19-,22+,23+/m1/s1. The Labute approximate surface area is 180 Å². The molecule has 6 nitrogen and oxygen atoms in total. The number of nitrogens with one attached hydrogen (secondary N) is 1. The van der Waals surface area contributed by atoms with Gasteiger partial charge in [0.15, 0.2) is 5.78 Å². The number of carbonyl (C=O) groups is 3. The molecule has 0 unspecified atom stereocenters. The van der Waals surface area contributed by atoms with Crippen LogP contribution in [0.4, 0.5) is 0 Å². The molecule has 2 aliphatic carbocycles. The molecule has 6 heteroatoms. The van der Waals surface area contributed by atoms with Gasteiger partial charge in [-0.3, -0.25) is 14.4 Å². The van der Waals surface area contributed by atoms with Crippen LogP contribution in [0.25, 0.3) is 0 Å². The number of hydrogen-bond acceptors (Lipinski definition) is 5. The number of Topliss-reactive ketones (excluding diaryl/α,β-unsaturated/α-hetero) is 2. The van der Waals surface area contributed by atoms with Gasteiger partial charge in [-0.15, -0.1) is 6.58 Å². The molecule has 0 aromatic heterocycles. The molecule has 0 aromatic rings. The van der Waals surface area contributed by atoms with E-state index in [1.165, 1.54) is 0 Å². The quantitative estimate of drug-likeness (QED) is 0.614. The second kappa shape index (κ2) is 7.27. The van der Waals surface area contributed by atoms with Gasteiger partial charge >= 0.3 is 0 Å². The molecular formula is C24H38N2O4. The smallest absolute Gasteiger partial charge is 0.240 e. The summed E-state index contributed by atoms with van der Waals surface area (Å²) in [5, 5.41) is 3.16. The number of methoxy groups -OCH3 is 1. The van der Waals surface area contributed by atoms with Gasteiger partial charge < -0.3 is 15.0 Å². The zero-order chi connectivity index (χ0) is 22.7. The number of allylic oxidation sites excluding steroid dienone is 1. The van der Waals surface area contributed by atoms with Crippen LogP contribution in [-0.4, -0.2) is 60.8 Å². The molecule has 1 aliphatic heterocycles. The summed E-state index contributed by atoms with van der Waals surface area (Å²) in [5.74, 6) is 0.0140.